The Bertz CT molecular complexity index is 224. The summed E-state index contributed by atoms with van der Waals surface area (Å²) < 4.78 is 0. The highest BCUT2D eigenvalue weighted by atomic mass is 14.5. The second-order valence-electron chi connectivity index (χ2n) is 7.55. The molecule has 3 aliphatic carbocycles. The molecule has 0 spiro atoms. The molecule has 0 N–H and O–H groups in total. The van der Waals surface area contributed by atoms with Crippen LogP contribution in [0.5, 0.6) is 0 Å². The van der Waals surface area contributed by atoms with Crippen molar-refractivity contribution in [3.05, 3.63) is 0 Å². The summed E-state index contributed by atoms with van der Waals surface area (Å²) in [5.41, 5.74) is 0. The van der Waals surface area contributed by atoms with E-state index in [2.05, 4.69) is 34.6 Å². The largest absolute Gasteiger partial charge is 0.0683 e. The third-order valence-electron chi connectivity index (χ3n) is 6.07. The van der Waals surface area contributed by atoms with E-state index in [1.165, 1.54) is 37.5 Å². The third kappa shape index (κ3) is 19.9. The van der Waals surface area contributed by atoms with Crippen LogP contribution in [0.15, 0.2) is 0 Å². The molecular formula is C30H70. The van der Waals surface area contributed by atoms with Crippen LogP contribution in [0, 0.1) is 29.6 Å². The normalized spacial score (nSPS) is 25.9. The van der Waals surface area contributed by atoms with Gasteiger partial charge in [-0.2, -0.15) is 0 Å². The number of unbranched alkanes of at least 4 members (excludes halogenated alkanes) is 2. The van der Waals surface area contributed by atoms with Gasteiger partial charge in [0.25, 0.3) is 0 Å². The van der Waals surface area contributed by atoms with Crippen molar-refractivity contribution >= 4 is 0 Å². The van der Waals surface area contributed by atoms with Crippen LogP contribution in [0.2, 0.25) is 0 Å². The standard InChI is InChI=1S/C12H20.2C4H10.5C2H6/c1-8-6-11-5-3-9-2-4-10(9)7-12(8)11;2*1-3-4-2;5*1-2/h8-12H,2-7H2,1H3;2*3-4H2,1-2H3;5*1-2H3. The van der Waals surface area contributed by atoms with E-state index >= 15 is 0 Å². The molecule has 190 valence electrons. The fourth-order valence-corrected chi connectivity index (χ4v) is 3.96. The van der Waals surface area contributed by atoms with E-state index in [1.807, 2.05) is 69.2 Å². The van der Waals surface area contributed by atoms with E-state index in [4.69, 9.17) is 0 Å². The lowest BCUT2D eigenvalue weighted by Crippen LogP contribution is -2.35. The fraction of sp³-hybridized carbons (Fsp3) is 1.00. The fourth-order valence-electron chi connectivity index (χ4n) is 3.96. The topological polar surface area (TPSA) is 0 Å². The Hall–Kier alpha value is 0. The molecule has 0 aromatic heterocycles. The van der Waals surface area contributed by atoms with Gasteiger partial charge in [-0.15, -0.1) is 0 Å². The van der Waals surface area contributed by atoms with E-state index in [0.29, 0.717) is 0 Å². The minimum Gasteiger partial charge on any atom is -0.0683 e. The minimum absolute atomic E-state index is 1.08. The van der Waals surface area contributed by atoms with Crippen molar-refractivity contribution in [1.29, 1.82) is 0 Å². The molecule has 30 heavy (non-hydrogen) atoms. The minimum atomic E-state index is 1.08. The zero-order chi connectivity index (χ0) is 25.0. The molecule has 5 unspecified atom stereocenters. The average molecular weight is 431 g/mol. The quantitative estimate of drug-likeness (QED) is 0.408. The van der Waals surface area contributed by atoms with Crippen molar-refractivity contribution < 1.29 is 0 Å². The van der Waals surface area contributed by atoms with Gasteiger partial charge >= 0.3 is 0 Å². The van der Waals surface area contributed by atoms with Gasteiger partial charge in [0.15, 0.2) is 0 Å². The first-order chi connectivity index (χ1) is 14.7. The van der Waals surface area contributed by atoms with Crippen LogP contribution in [-0.4, -0.2) is 0 Å². The number of hydrogen-bond donors (Lipinski definition) is 0. The third-order valence-corrected chi connectivity index (χ3v) is 6.07. The van der Waals surface area contributed by atoms with Gasteiger partial charge in [-0.3, -0.25) is 0 Å². The van der Waals surface area contributed by atoms with Crippen molar-refractivity contribution in [2.45, 2.75) is 168 Å². The maximum atomic E-state index is 2.47. The highest BCUT2D eigenvalue weighted by Crippen LogP contribution is 2.55. The number of fused-ring (bicyclic) bond motifs is 2. The summed E-state index contributed by atoms with van der Waals surface area (Å²) in [6.45, 7) is 31.2. The summed E-state index contributed by atoms with van der Waals surface area (Å²) in [7, 11) is 0. The number of hydrogen-bond acceptors (Lipinski definition) is 0. The first-order valence-electron chi connectivity index (χ1n) is 14.7. The summed E-state index contributed by atoms with van der Waals surface area (Å²) in [5.74, 6) is 5.73. The maximum Gasteiger partial charge on any atom is -0.0357 e. The molecular weight excluding hydrogens is 360 g/mol. The molecule has 0 aromatic carbocycles. The monoisotopic (exact) mass is 431 g/mol. The lowest BCUT2D eigenvalue weighted by molar-refractivity contribution is 0.0566. The summed E-state index contributed by atoms with van der Waals surface area (Å²) in [6, 6.07) is 0. The van der Waals surface area contributed by atoms with Gasteiger partial charge < -0.3 is 0 Å². The molecule has 3 aliphatic rings. The molecule has 0 radical (unpaired) electrons. The van der Waals surface area contributed by atoms with Crippen molar-refractivity contribution in [2.24, 2.45) is 29.6 Å². The molecule has 0 amide bonds. The molecule has 0 heteroatoms. The molecule has 3 rings (SSSR count). The van der Waals surface area contributed by atoms with Crippen LogP contribution in [0.1, 0.15) is 168 Å². The van der Waals surface area contributed by atoms with Gasteiger partial charge in [0, 0.05) is 0 Å². The Balaban J connectivity index is -0.0000000989. The van der Waals surface area contributed by atoms with Crippen LogP contribution < -0.4 is 0 Å². The van der Waals surface area contributed by atoms with E-state index in [9.17, 15) is 0 Å². The first kappa shape index (κ1) is 40.4. The van der Waals surface area contributed by atoms with Crippen LogP contribution in [-0.2, 0) is 0 Å². The zero-order valence-electron chi connectivity index (χ0n) is 25.0. The number of rotatable bonds is 2. The molecule has 3 saturated carbocycles. The van der Waals surface area contributed by atoms with Crippen molar-refractivity contribution in [3.8, 4) is 0 Å². The molecule has 3 fully saturated rings. The van der Waals surface area contributed by atoms with Crippen LogP contribution in [0.25, 0.3) is 0 Å². The Morgan fingerprint density at radius 2 is 0.733 bits per heavy atom. The highest BCUT2D eigenvalue weighted by Gasteiger charge is 2.45. The molecule has 5 atom stereocenters. The summed E-state index contributed by atoms with van der Waals surface area (Å²) in [4.78, 5) is 0. The van der Waals surface area contributed by atoms with Crippen molar-refractivity contribution in [3.63, 3.8) is 0 Å². The molecule has 0 bridgehead atoms. The molecule has 0 saturated heterocycles. The van der Waals surface area contributed by atoms with Crippen LogP contribution >= 0.6 is 0 Å². The molecule has 0 nitrogen and oxygen atoms in total. The van der Waals surface area contributed by atoms with Gasteiger partial charge in [-0.05, 0) is 68.1 Å². The molecule has 0 aromatic rings. The zero-order valence-corrected chi connectivity index (χ0v) is 25.0. The summed E-state index contributed by atoms with van der Waals surface area (Å²) >= 11 is 0. The van der Waals surface area contributed by atoms with Crippen molar-refractivity contribution in [1.82, 2.24) is 0 Å². The molecule has 0 aliphatic heterocycles. The van der Waals surface area contributed by atoms with E-state index in [-0.39, 0.29) is 0 Å². The summed E-state index contributed by atoms with van der Waals surface area (Å²) in [5, 5.41) is 0. The van der Waals surface area contributed by atoms with Gasteiger partial charge in [-0.25, -0.2) is 0 Å². The summed E-state index contributed by atoms with van der Waals surface area (Å²) in [6.07, 6.45) is 14.7. The lowest BCUT2D eigenvalue weighted by Gasteiger charge is -2.44. The Morgan fingerprint density at radius 3 is 1.00 bits per heavy atom. The van der Waals surface area contributed by atoms with E-state index < -0.39 is 0 Å². The molecule has 0 heterocycles. The lowest BCUT2D eigenvalue weighted by atomic mass is 9.61. The predicted molar refractivity (Wildman–Crippen MR) is 149 cm³/mol. The highest BCUT2D eigenvalue weighted by molar-refractivity contribution is 4.95. The Labute approximate surface area is 197 Å². The van der Waals surface area contributed by atoms with E-state index in [1.54, 1.807) is 38.5 Å². The second-order valence-corrected chi connectivity index (χ2v) is 7.55. The first-order valence-corrected chi connectivity index (χ1v) is 14.7. The Kier molecular flexibility index (Phi) is 48.9. The van der Waals surface area contributed by atoms with Crippen LogP contribution in [0.3, 0.4) is 0 Å². The van der Waals surface area contributed by atoms with Gasteiger partial charge in [-0.1, -0.05) is 130 Å². The second kappa shape index (κ2) is 36.4. The van der Waals surface area contributed by atoms with Gasteiger partial charge in [0.2, 0.25) is 0 Å². The van der Waals surface area contributed by atoms with Gasteiger partial charge in [0.05, 0.1) is 0 Å². The van der Waals surface area contributed by atoms with Crippen molar-refractivity contribution in [2.75, 3.05) is 0 Å². The van der Waals surface area contributed by atoms with Gasteiger partial charge in [0.1, 0.15) is 0 Å². The predicted octanol–water partition coefficient (Wildman–Crippen LogP) is 12.2. The van der Waals surface area contributed by atoms with E-state index in [0.717, 1.165) is 17.8 Å². The SMILES string of the molecule is CC.CC.CC.CC.CC.CC1CC2CCC3CCC3CC12.CCCC.CCCC. The average Bonchev–Trinajstić information content (AvgIpc) is 2.93. The Morgan fingerprint density at radius 1 is 0.433 bits per heavy atom. The smallest absolute Gasteiger partial charge is 0.0357 e. The maximum absolute atomic E-state index is 2.47. The van der Waals surface area contributed by atoms with Crippen LogP contribution in [0.4, 0.5) is 0 Å².